The minimum absolute atomic E-state index is 0.502. The van der Waals surface area contributed by atoms with Gasteiger partial charge in [-0.25, -0.2) is 0 Å². The first-order chi connectivity index (χ1) is 5.33. The maximum absolute atomic E-state index is 9.17. The molecule has 1 saturated carbocycles. The smallest absolute Gasteiger partial charge is 0.114 e. The molecule has 1 fully saturated rings. The first-order valence-electron chi connectivity index (χ1n) is 4.47. The molecule has 1 N–H and O–H groups in total. The van der Waals surface area contributed by atoms with Crippen LogP contribution in [0.2, 0.25) is 0 Å². The lowest BCUT2D eigenvalue weighted by molar-refractivity contribution is 0.178. The van der Waals surface area contributed by atoms with Crippen molar-refractivity contribution in [1.29, 1.82) is 0 Å². The summed E-state index contributed by atoms with van der Waals surface area (Å²) in [5.41, 5.74) is 0. The third-order valence-corrected chi connectivity index (χ3v) is 2.47. The van der Waals surface area contributed by atoms with Crippen LogP contribution in [0.3, 0.4) is 0 Å². The van der Waals surface area contributed by atoms with Gasteiger partial charge in [-0.15, -0.1) is 6.42 Å². The molecule has 1 aliphatic rings. The molecular formula is C10H16O. The van der Waals surface area contributed by atoms with Crippen LogP contribution in [0.5, 0.6) is 0 Å². The van der Waals surface area contributed by atoms with E-state index in [1.54, 1.807) is 0 Å². The number of rotatable bonds is 2. The van der Waals surface area contributed by atoms with Crippen LogP contribution in [0.4, 0.5) is 0 Å². The fourth-order valence-corrected chi connectivity index (χ4v) is 1.81. The highest BCUT2D eigenvalue weighted by Crippen LogP contribution is 2.26. The molecule has 0 aliphatic heterocycles. The Morgan fingerprint density at radius 2 is 2.00 bits per heavy atom. The highest BCUT2D eigenvalue weighted by Gasteiger charge is 2.15. The normalized spacial score (nSPS) is 22.5. The molecule has 0 aromatic rings. The van der Waals surface area contributed by atoms with E-state index in [1.165, 1.54) is 32.1 Å². The van der Waals surface area contributed by atoms with Gasteiger partial charge in [0.05, 0.1) is 0 Å². The molecule has 1 heteroatoms. The highest BCUT2D eigenvalue weighted by atomic mass is 16.3. The van der Waals surface area contributed by atoms with Gasteiger partial charge in [0.2, 0.25) is 0 Å². The van der Waals surface area contributed by atoms with Crippen molar-refractivity contribution in [2.75, 3.05) is 0 Å². The van der Waals surface area contributed by atoms with Crippen LogP contribution in [0.25, 0.3) is 0 Å². The average molecular weight is 152 g/mol. The van der Waals surface area contributed by atoms with Crippen molar-refractivity contribution >= 4 is 0 Å². The zero-order chi connectivity index (χ0) is 8.10. The van der Waals surface area contributed by atoms with Crippen LogP contribution >= 0.6 is 0 Å². The van der Waals surface area contributed by atoms with Crippen molar-refractivity contribution in [3.8, 4) is 12.3 Å². The Morgan fingerprint density at radius 1 is 1.36 bits per heavy atom. The second kappa shape index (κ2) is 4.41. The summed E-state index contributed by atoms with van der Waals surface area (Å²) in [6, 6.07) is 0. The molecule has 1 nitrogen and oxygen atoms in total. The predicted octanol–water partition coefficient (Wildman–Crippen LogP) is 1.95. The lowest BCUT2D eigenvalue weighted by Crippen LogP contribution is -2.14. The molecule has 0 bridgehead atoms. The third-order valence-electron chi connectivity index (χ3n) is 2.47. The van der Waals surface area contributed by atoms with Gasteiger partial charge in [-0.05, 0) is 12.3 Å². The summed E-state index contributed by atoms with van der Waals surface area (Å²) in [7, 11) is 0. The maximum atomic E-state index is 9.17. The van der Waals surface area contributed by atoms with Crippen LogP contribution < -0.4 is 0 Å². The summed E-state index contributed by atoms with van der Waals surface area (Å²) in [6.45, 7) is 0. The van der Waals surface area contributed by atoms with E-state index >= 15 is 0 Å². The summed E-state index contributed by atoms with van der Waals surface area (Å²) in [6.07, 6.45) is 11.9. The van der Waals surface area contributed by atoms with Crippen LogP contribution in [0.15, 0.2) is 0 Å². The molecule has 62 valence electrons. The topological polar surface area (TPSA) is 20.2 Å². The van der Waals surface area contributed by atoms with E-state index in [-0.39, 0.29) is 0 Å². The van der Waals surface area contributed by atoms with Crippen molar-refractivity contribution in [3.63, 3.8) is 0 Å². The Kier molecular flexibility index (Phi) is 3.45. The zero-order valence-electron chi connectivity index (χ0n) is 6.92. The van der Waals surface area contributed by atoms with Crippen LogP contribution in [-0.4, -0.2) is 11.2 Å². The molecule has 0 aromatic carbocycles. The minimum atomic E-state index is -0.502. The summed E-state index contributed by atoms with van der Waals surface area (Å²) in [4.78, 5) is 0. The van der Waals surface area contributed by atoms with Gasteiger partial charge in [-0.3, -0.25) is 0 Å². The van der Waals surface area contributed by atoms with Crippen molar-refractivity contribution in [1.82, 2.24) is 0 Å². The van der Waals surface area contributed by atoms with E-state index in [0.717, 1.165) is 6.42 Å². The Labute approximate surface area is 68.8 Å². The molecule has 1 atom stereocenters. The molecule has 0 radical (unpaired) electrons. The lowest BCUT2D eigenvalue weighted by atomic mass is 9.85. The average Bonchev–Trinajstić information content (AvgIpc) is 2.06. The highest BCUT2D eigenvalue weighted by molar-refractivity contribution is 4.94. The summed E-state index contributed by atoms with van der Waals surface area (Å²) < 4.78 is 0. The largest absolute Gasteiger partial charge is 0.380 e. The third kappa shape index (κ3) is 2.95. The molecule has 0 aromatic heterocycles. The fourth-order valence-electron chi connectivity index (χ4n) is 1.81. The first kappa shape index (κ1) is 8.62. The quantitative estimate of drug-likeness (QED) is 0.600. The predicted molar refractivity (Wildman–Crippen MR) is 46.0 cm³/mol. The van der Waals surface area contributed by atoms with Crippen molar-refractivity contribution in [2.45, 2.75) is 44.6 Å². The molecule has 0 heterocycles. The van der Waals surface area contributed by atoms with Gasteiger partial charge in [-0.1, -0.05) is 38.0 Å². The molecular weight excluding hydrogens is 136 g/mol. The number of aliphatic hydroxyl groups is 1. The maximum Gasteiger partial charge on any atom is 0.114 e. The van der Waals surface area contributed by atoms with E-state index in [2.05, 4.69) is 5.92 Å². The van der Waals surface area contributed by atoms with Gasteiger partial charge in [0.1, 0.15) is 6.10 Å². The number of hydrogen-bond acceptors (Lipinski definition) is 1. The second-order valence-corrected chi connectivity index (χ2v) is 3.42. The van der Waals surface area contributed by atoms with E-state index in [9.17, 15) is 5.11 Å². The minimum Gasteiger partial charge on any atom is -0.380 e. The fraction of sp³-hybridized carbons (Fsp3) is 0.800. The molecule has 1 rings (SSSR count). The SMILES string of the molecule is C#CC(O)CC1CCCCC1. The number of hydrogen-bond donors (Lipinski definition) is 1. The first-order valence-corrected chi connectivity index (χ1v) is 4.47. The van der Waals surface area contributed by atoms with Gasteiger partial charge in [0.15, 0.2) is 0 Å². The Bertz CT molecular complexity index is 139. The summed E-state index contributed by atoms with van der Waals surface area (Å²) in [5.74, 6) is 3.06. The lowest BCUT2D eigenvalue weighted by Gasteiger charge is -2.21. The van der Waals surface area contributed by atoms with Crippen molar-refractivity contribution < 1.29 is 5.11 Å². The van der Waals surface area contributed by atoms with Crippen molar-refractivity contribution in [2.24, 2.45) is 5.92 Å². The van der Waals surface area contributed by atoms with Gasteiger partial charge in [0.25, 0.3) is 0 Å². The van der Waals surface area contributed by atoms with Gasteiger partial charge < -0.3 is 5.11 Å². The van der Waals surface area contributed by atoms with E-state index in [1.807, 2.05) is 0 Å². The Hall–Kier alpha value is -0.480. The van der Waals surface area contributed by atoms with E-state index in [4.69, 9.17) is 6.42 Å². The van der Waals surface area contributed by atoms with Crippen LogP contribution in [0, 0.1) is 18.3 Å². The van der Waals surface area contributed by atoms with Gasteiger partial charge in [-0.2, -0.15) is 0 Å². The standard InChI is InChI=1S/C10H16O/c1-2-10(11)8-9-6-4-3-5-7-9/h1,9-11H,3-8H2. The summed E-state index contributed by atoms with van der Waals surface area (Å²) in [5, 5.41) is 9.17. The van der Waals surface area contributed by atoms with Crippen LogP contribution in [-0.2, 0) is 0 Å². The molecule has 11 heavy (non-hydrogen) atoms. The zero-order valence-corrected chi connectivity index (χ0v) is 6.92. The number of aliphatic hydroxyl groups excluding tert-OH is 1. The van der Waals surface area contributed by atoms with Crippen LogP contribution in [0.1, 0.15) is 38.5 Å². The summed E-state index contributed by atoms with van der Waals surface area (Å²) >= 11 is 0. The van der Waals surface area contributed by atoms with E-state index in [0.29, 0.717) is 5.92 Å². The molecule has 1 aliphatic carbocycles. The Morgan fingerprint density at radius 3 is 2.55 bits per heavy atom. The van der Waals surface area contributed by atoms with Crippen molar-refractivity contribution in [3.05, 3.63) is 0 Å². The van der Waals surface area contributed by atoms with Gasteiger partial charge in [0, 0.05) is 0 Å². The molecule has 1 unspecified atom stereocenters. The second-order valence-electron chi connectivity index (χ2n) is 3.42. The molecule has 0 amide bonds. The number of terminal acetylenes is 1. The Balaban J connectivity index is 2.20. The monoisotopic (exact) mass is 152 g/mol. The van der Waals surface area contributed by atoms with Gasteiger partial charge >= 0.3 is 0 Å². The molecule has 0 saturated heterocycles. The molecule has 0 spiro atoms. The van der Waals surface area contributed by atoms with E-state index < -0.39 is 6.10 Å².